The van der Waals surface area contributed by atoms with E-state index in [9.17, 15) is 8.42 Å². The highest BCUT2D eigenvalue weighted by atomic mass is 32.2. The van der Waals surface area contributed by atoms with Crippen LogP contribution >= 0.6 is 0 Å². The Kier molecular flexibility index (Phi) is 5.46. The molecule has 0 bridgehead atoms. The monoisotopic (exact) mass is 373 g/mol. The van der Waals surface area contributed by atoms with Gasteiger partial charge in [-0.3, -0.25) is 4.98 Å². The highest BCUT2D eigenvalue weighted by molar-refractivity contribution is 7.86. The molecule has 5 nitrogen and oxygen atoms in total. The van der Waals surface area contributed by atoms with Crippen molar-refractivity contribution in [3.63, 3.8) is 0 Å². The Labute approximate surface area is 156 Å². The summed E-state index contributed by atoms with van der Waals surface area (Å²) in [4.78, 5) is 4.68. The van der Waals surface area contributed by atoms with Crippen LogP contribution in [0.5, 0.6) is 0 Å². The molecule has 1 saturated heterocycles. The number of benzene rings is 1. The smallest absolute Gasteiger partial charge is 0.256 e. The van der Waals surface area contributed by atoms with Gasteiger partial charge in [-0.25, -0.2) is 0 Å². The molecule has 3 rings (SSSR count). The molecule has 0 aliphatic carbocycles. The molecule has 2 heterocycles. The molecule has 2 aromatic rings. The number of hydrogen-bond acceptors (Lipinski definition) is 3. The van der Waals surface area contributed by atoms with Crippen LogP contribution in [0.3, 0.4) is 0 Å². The van der Waals surface area contributed by atoms with Crippen molar-refractivity contribution in [2.75, 3.05) is 20.6 Å². The molecule has 0 N–H and O–H groups in total. The zero-order chi connectivity index (χ0) is 18.9. The van der Waals surface area contributed by atoms with Gasteiger partial charge in [-0.2, -0.15) is 17.0 Å². The predicted octanol–water partition coefficient (Wildman–Crippen LogP) is 3.23. The number of hydrogen-bond donors (Lipinski definition) is 0. The zero-order valence-corrected chi connectivity index (χ0v) is 16.8. The quantitative estimate of drug-likeness (QED) is 0.808. The molecule has 0 saturated carbocycles. The highest BCUT2D eigenvalue weighted by Crippen LogP contribution is 2.34. The van der Waals surface area contributed by atoms with Crippen LogP contribution in [-0.4, -0.2) is 42.7 Å². The van der Waals surface area contributed by atoms with E-state index in [4.69, 9.17) is 0 Å². The Balaban J connectivity index is 1.94. The maximum atomic E-state index is 12.6. The van der Waals surface area contributed by atoms with Crippen molar-refractivity contribution in [1.29, 1.82) is 0 Å². The lowest BCUT2D eigenvalue weighted by Gasteiger charge is -2.27. The predicted molar refractivity (Wildman–Crippen MR) is 104 cm³/mol. The van der Waals surface area contributed by atoms with E-state index in [2.05, 4.69) is 42.2 Å². The van der Waals surface area contributed by atoms with E-state index in [0.29, 0.717) is 6.54 Å². The average molecular weight is 374 g/mol. The van der Waals surface area contributed by atoms with Gasteiger partial charge in [0.2, 0.25) is 0 Å². The van der Waals surface area contributed by atoms with Gasteiger partial charge in [-0.1, -0.05) is 24.3 Å². The van der Waals surface area contributed by atoms with Gasteiger partial charge in [0.25, 0.3) is 10.2 Å². The van der Waals surface area contributed by atoms with Crippen molar-refractivity contribution in [3.8, 4) is 0 Å². The molecule has 1 aromatic carbocycles. The van der Waals surface area contributed by atoms with Crippen LogP contribution in [0.4, 0.5) is 0 Å². The molecule has 0 spiro atoms. The molecule has 1 fully saturated rings. The molecule has 26 heavy (non-hydrogen) atoms. The van der Waals surface area contributed by atoms with E-state index < -0.39 is 10.2 Å². The van der Waals surface area contributed by atoms with E-state index in [1.807, 2.05) is 13.0 Å². The van der Waals surface area contributed by atoms with Gasteiger partial charge in [0, 0.05) is 26.3 Å². The first-order chi connectivity index (χ1) is 12.3. The first kappa shape index (κ1) is 19.0. The Morgan fingerprint density at radius 1 is 1.19 bits per heavy atom. The fourth-order valence-corrected chi connectivity index (χ4v) is 4.91. The molecule has 1 aromatic heterocycles. The minimum absolute atomic E-state index is 0.182. The largest absolute Gasteiger partial charge is 0.282 e. The van der Waals surface area contributed by atoms with Gasteiger partial charge in [-0.05, 0) is 61.9 Å². The fourth-order valence-electron chi connectivity index (χ4n) is 3.59. The zero-order valence-electron chi connectivity index (χ0n) is 15.9. The van der Waals surface area contributed by atoms with Crippen LogP contribution in [0, 0.1) is 13.8 Å². The molecule has 140 valence electrons. The third kappa shape index (κ3) is 3.82. The second-order valence-electron chi connectivity index (χ2n) is 7.20. The van der Waals surface area contributed by atoms with Crippen LogP contribution in [0.25, 0.3) is 0 Å². The Morgan fingerprint density at radius 3 is 2.62 bits per heavy atom. The van der Waals surface area contributed by atoms with Gasteiger partial charge < -0.3 is 0 Å². The second-order valence-corrected chi connectivity index (χ2v) is 9.30. The van der Waals surface area contributed by atoms with Crippen molar-refractivity contribution in [2.24, 2.45) is 0 Å². The maximum Gasteiger partial charge on any atom is 0.282 e. The molecule has 1 aliphatic rings. The van der Waals surface area contributed by atoms with Gasteiger partial charge in [0.15, 0.2) is 0 Å². The van der Waals surface area contributed by atoms with Crippen LogP contribution in [0.15, 0.2) is 36.4 Å². The Bertz CT molecular complexity index is 894. The maximum absolute atomic E-state index is 12.6. The first-order valence-electron chi connectivity index (χ1n) is 9.00. The number of pyridine rings is 1. The summed E-state index contributed by atoms with van der Waals surface area (Å²) in [6.07, 6.45) is 2.50. The van der Waals surface area contributed by atoms with Crippen molar-refractivity contribution in [3.05, 3.63) is 64.5 Å². The molecule has 6 heteroatoms. The van der Waals surface area contributed by atoms with E-state index >= 15 is 0 Å². The van der Waals surface area contributed by atoms with Crippen molar-refractivity contribution < 1.29 is 8.42 Å². The van der Waals surface area contributed by atoms with Crippen molar-refractivity contribution in [1.82, 2.24) is 13.6 Å². The standard InChI is InChI=1S/C20H27N3O2S/c1-15-8-5-6-9-18(15)13-17-12-16(2)21-19(14-17)20-10-7-11-23(20)26(24,25)22(3)4/h5-6,8-9,12,14,20H,7,10-11,13H2,1-4H3/t20-/m0/s1. The third-order valence-electron chi connectivity index (χ3n) is 4.99. The Morgan fingerprint density at radius 2 is 1.92 bits per heavy atom. The lowest BCUT2D eigenvalue weighted by Crippen LogP contribution is -2.39. The van der Waals surface area contributed by atoms with Crippen molar-refractivity contribution >= 4 is 10.2 Å². The molecule has 0 unspecified atom stereocenters. The summed E-state index contributed by atoms with van der Waals surface area (Å²) in [6.45, 7) is 4.64. The number of aryl methyl sites for hydroxylation is 2. The highest BCUT2D eigenvalue weighted by Gasteiger charge is 2.37. The number of nitrogens with zero attached hydrogens (tertiary/aromatic N) is 3. The van der Waals surface area contributed by atoms with Crippen LogP contribution in [-0.2, 0) is 16.6 Å². The summed E-state index contributed by atoms with van der Waals surface area (Å²) in [5.74, 6) is 0. The van der Waals surface area contributed by atoms with Crippen molar-refractivity contribution in [2.45, 2.75) is 39.2 Å². The molecule has 1 aliphatic heterocycles. The summed E-state index contributed by atoms with van der Waals surface area (Å²) < 4.78 is 28.2. The van der Waals surface area contributed by atoms with Crippen LogP contribution < -0.4 is 0 Å². The SMILES string of the molecule is Cc1cc(Cc2ccccc2C)cc([C@@H]2CCCN2S(=O)(=O)N(C)C)n1. The lowest BCUT2D eigenvalue weighted by atomic mass is 9.99. The minimum Gasteiger partial charge on any atom is -0.256 e. The second kappa shape index (κ2) is 7.47. The summed E-state index contributed by atoms with van der Waals surface area (Å²) in [5, 5.41) is 0. The van der Waals surface area contributed by atoms with Crippen LogP contribution in [0.2, 0.25) is 0 Å². The van der Waals surface area contributed by atoms with Crippen LogP contribution in [0.1, 0.15) is 47.0 Å². The van der Waals surface area contributed by atoms with E-state index in [-0.39, 0.29) is 6.04 Å². The Hall–Kier alpha value is -1.76. The molecule has 0 amide bonds. The summed E-state index contributed by atoms with van der Waals surface area (Å²) in [6, 6.07) is 12.3. The number of rotatable bonds is 5. The average Bonchev–Trinajstić information content (AvgIpc) is 3.07. The van der Waals surface area contributed by atoms with Gasteiger partial charge >= 0.3 is 0 Å². The molecule has 1 atom stereocenters. The topological polar surface area (TPSA) is 53.5 Å². The lowest BCUT2D eigenvalue weighted by molar-refractivity contribution is 0.357. The molecular formula is C20H27N3O2S. The van der Waals surface area contributed by atoms with E-state index in [0.717, 1.165) is 30.7 Å². The fraction of sp³-hybridized carbons (Fsp3) is 0.450. The van der Waals surface area contributed by atoms with E-state index in [1.54, 1.807) is 18.4 Å². The van der Waals surface area contributed by atoms with Gasteiger partial charge in [-0.15, -0.1) is 0 Å². The summed E-state index contributed by atoms with van der Waals surface area (Å²) in [5.41, 5.74) is 5.52. The first-order valence-corrected chi connectivity index (χ1v) is 10.4. The number of aromatic nitrogens is 1. The summed E-state index contributed by atoms with van der Waals surface area (Å²) in [7, 11) is -0.276. The molecular weight excluding hydrogens is 346 g/mol. The minimum atomic E-state index is -3.44. The van der Waals surface area contributed by atoms with Gasteiger partial charge in [0.05, 0.1) is 11.7 Å². The van der Waals surface area contributed by atoms with Gasteiger partial charge in [0.1, 0.15) is 0 Å². The molecule has 0 radical (unpaired) electrons. The third-order valence-corrected chi connectivity index (χ3v) is 6.94. The summed E-state index contributed by atoms with van der Waals surface area (Å²) >= 11 is 0. The van der Waals surface area contributed by atoms with E-state index in [1.165, 1.54) is 21.0 Å². The normalized spacial score (nSPS) is 18.6.